The topological polar surface area (TPSA) is 60.9 Å². The van der Waals surface area contributed by atoms with Crippen LogP contribution >= 0.6 is 23.2 Å². The smallest absolute Gasteiger partial charge is 0.313 e. The molecule has 1 aliphatic heterocycles. The minimum absolute atomic E-state index is 0.137. The summed E-state index contributed by atoms with van der Waals surface area (Å²) >= 11 is 12.1. The molecule has 0 bridgehead atoms. The molecule has 0 radical (unpaired) electrons. The van der Waals surface area contributed by atoms with E-state index in [1.165, 1.54) is 0 Å². The van der Waals surface area contributed by atoms with Crippen LogP contribution in [0.5, 0.6) is 0 Å². The first-order valence-corrected chi connectivity index (χ1v) is 10.6. The van der Waals surface area contributed by atoms with Crippen molar-refractivity contribution in [2.45, 2.75) is 57.9 Å². The molecule has 5 nitrogen and oxygen atoms in total. The van der Waals surface area contributed by atoms with Crippen molar-refractivity contribution in [1.29, 1.82) is 0 Å². The van der Waals surface area contributed by atoms with Crippen LogP contribution in [-0.4, -0.2) is 59.0 Å². The Morgan fingerprint density at radius 3 is 2.39 bits per heavy atom. The molecular weight excluding hydrogens is 399 g/mol. The van der Waals surface area contributed by atoms with E-state index < -0.39 is 11.4 Å². The second-order valence-corrected chi connectivity index (χ2v) is 8.62. The van der Waals surface area contributed by atoms with E-state index in [0.29, 0.717) is 28.6 Å². The standard InChI is InChI=1S/C21H30Cl2N2O3/c1-4-10-25(15(2)26)17-7-11-24(12-8-17)13-9-21(3,20(27)28)16-5-6-18(22)19(23)14-16/h5-6,14,17H,4,7-13H2,1-3H3,(H,27,28). The van der Waals surface area contributed by atoms with E-state index in [1.807, 2.05) is 4.90 Å². The minimum atomic E-state index is -1.03. The number of likely N-dealkylation sites (tertiary alicyclic amines) is 1. The van der Waals surface area contributed by atoms with Crippen LogP contribution in [0.25, 0.3) is 0 Å². The van der Waals surface area contributed by atoms with Crippen LogP contribution < -0.4 is 0 Å². The van der Waals surface area contributed by atoms with Gasteiger partial charge >= 0.3 is 5.97 Å². The summed E-state index contributed by atoms with van der Waals surface area (Å²) in [5.41, 5.74) is -0.367. The zero-order chi connectivity index (χ0) is 20.9. The number of carboxylic acids is 1. The van der Waals surface area contributed by atoms with Crippen molar-refractivity contribution in [2.24, 2.45) is 0 Å². The quantitative estimate of drug-likeness (QED) is 0.664. The summed E-state index contributed by atoms with van der Waals surface area (Å²) in [7, 11) is 0. The minimum Gasteiger partial charge on any atom is -0.481 e. The van der Waals surface area contributed by atoms with Crippen molar-refractivity contribution >= 4 is 35.1 Å². The molecule has 0 aliphatic carbocycles. The highest BCUT2D eigenvalue weighted by Crippen LogP contribution is 2.33. The highest BCUT2D eigenvalue weighted by molar-refractivity contribution is 6.42. The maximum Gasteiger partial charge on any atom is 0.313 e. The Labute approximate surface area is 177 Å². The van der Waals surface area contributed by atoms with Crippen LogP contribution in [-0.2, 0) is 15.0 Å². The molecule has 0 saturated carbocycles. The maximum atomic E-state index is 12.0. The van der Waals surface area contributed by atoms with Crippen molar-refractivity contribution in [3.63, 3.8) is 0 Å². The monoisotopic (exact) mass is 428 g/mol. The van der Waals surface area contributed by atoms with Gasteiger partial charge in [-0.15, -0.1) is 0 Å². The number of hydrogen-bond donors (Lipinski definition) is 1. The first-order valence-electron chi connectivity index (χ1n) is 9.87. The Bertz CT molecular complexity index is 705. The molecule has 156 valence electrons. The zero-order valence-corrected chi connectivity index (χ0v) is 18.4. The van der Waals surface area contributed by atoms with E-state index >= 15 is 0 Å². The normalized spacial score (nSPS) is 17.9. The van der Waals surface area contributed by atoms with Crippen LogP contribution in [0.3, 0.4) is 0 Å². The number of benzene rings is 1. The van der Waals surface area contributed by atoms with Gasteiger partial charge < -0.3 is 14.9 Å². The van der Waals surface area contributed by atoms with E-state index in [0.717, 1.165) is 38.9 Å². The summed E-state index contributed by atoms with van der Waals surface area (Å²) in [6.45, 7) is 8.68. The maximum absolute atomic E-state index is 12.0. The van der Waals surface area contributed by atoms with E-state index in [9.17, 15) is 14.7 Å². The van der Waals surface area contributed by atoms with Gasteiger partial charge in [-0.2, -0.15) is 0 Å². The second-order valence-electron chi connectivity index (χ2n) is 7.80. The Balaban J connectivity index is 1.99. The van der Waals surface area contributed by atoms with Gasteiger partial charge in [-0.05, 0) is 56.8 Å². The van der Waals surface area contributed by atoms with Crippen LogP contribution in [0, 0.1) is 0 Å². The molecule has 2 rings (SSSR count). The van der Waals surface area contributed by atoms with E-state index in [2.05, 4.69) is 11.8 Å². The molecule has 1 fully saturated rings. The Hall–Kier alpha value is -1.30. The summed E-state index contributed by atoms with van der Waals surface area (Å²) in [6.07, 6.45) is 3.29. The molecule has 1 aliphatic rings. The van der Waals surface area contributed by atoms with Gasteiger partial charge in [-0.3, -0.25) is 9.59 Å². The molecule has 1 amide bonds. The number of carbonyl (C=O) groups excluding carboxylic acids is 1. The van der Waals surface area contributed by atoms with Crippen molar-refractivity contribution in [3.8, 4) is 0 Å². The average Bonchev–Trinajstić information content (AvgIpc) is 2.66. The second kappa shape index (κ2) is 9.95. The Morgan fingerprint density at radius 1 is 1.25 bits per heavy atom. The fourth-order valence-electron chi connectivity index (χ4n) is 3.89. The van der Waals surface area contributed by atoms with Crippen LogP contribution in [0.15, 0.2) is 18.2 Å². The van der Waals surface area contributed by atoms with Crippen LogP contribution in [0.4, 0.5) is 0 Å². The summed E-state index contributed by atoms with van der Waals surface area (Å²) in [5, 5.41) is 10.7. The number of carbonyl (C=O) groups is 2. The first kappa shape index (κ1) is 23.0. The first-order chi connectivity index (χ1) is 13.2. The lowest BCUT2D eigenvalue weighted by Crippen LogP contribution is -2.48. The lowest BCUT2D eigenvalue weighted by molar-refractivity contribution is -0.143. The average molecular weight is 429 g/mol. The van der Waals surface area contributed by atoms with Crippen molar-refractivity contribution in [1.82, 2.24) is 9.80 Å². The number of aliphatic carboxylic acids is 1. The van der Waals surface area contributed by atoms with Gasteiger partial charge in [0.05, 0.1) is 15.5 Å². The van der Waals surface area contributed by atoms with Gasteiger partial charge in [0.2, 0.25) is 5.91 Å². The summed E-state index contributed by atoms with van der Waals surface area (Å²) < 4.78 is 0. The molecular formula is C21H30Cl2N2O3. The molecule has 1 heterocycles. The molecule has 7 heteroatoms. The molecule has 0 spiro atoms. The number of hydrogen-bond acceptors (Lipinski definition) is 3. The fraction of sp³-hybridized carbons (Fsp3) is 0.619. The third-order valence-electron chi connectivity index (χ3n) is 5.82. The van der Waals surface area contributed by atoms with Crippen LogP contribution in [0.2, 0.25) is 10.0 Å². The fourth-order valence-corrected chi connectivity index (χ4v) is 4.19. The number of carboxylic acid groups (broad SMARTS) is 1. The lowest BCUT2D eigenvalue weighted by atomic mass is 9.79. The molecule has 1 saturated heterocycles. The molecule has 1 N–H and O–H groups in total. The van der Waals surface area contributed by atoms with Gasteiger partial charge in [0.1, 0.15) is 0 Å². The molecule has 1 atom stereocenters. The predicted molar refractivity (Wildman–Crippen MR) is 113 cm³/mol. The van der Waals surface area contributed by atoms with Crippen molar-refractivity contribution in [3.05, 3.63) is 33.8 Å². The number of rotatable bonds is 8. The van der Waals surface area contributed by atoms with Gasteiger partial charge in [0.15, 0.2) is 0 Å². The zero-order valence-electron chi connectivity index (χ0n) is 16.9. The van der Waals surface area contributed by atoms with Crippen LogP contribution in [0.1, 0.15) is 52.0 Å². The summed E-state index contributed by atoms with van der Waals surface area (Å²) in [5.74, 6) is -0.732. The number of halogens is 2. The van der Waals surface area contributed by atoms with E-state index in [4.69, 9.17) is 23.2 Å². The lowest BCUT2D eigenvalue weighted by Gasteiger charge is -2.39. The molecule has 1 aromatic carbocycles. The van der Waals surface area contributed by atoms with Gasteiger partial charge in [0.25, 0.3) is 0 Å². The van der Waals surface area contributed by atoms with E-state index in [1.54, 1.807) is 32.0 Å². The molecule has 28 heavy (non-hydrogen) atoms. The molecule has 1 unspecified atom stereocenters. The summed E-state index contributed by atoms with van der Waals surface area (Å²) in [4.78, 5) is 28.2. The van der Waals surface area contributed by atoms with Gasteiger partial charge in [-0.1, -0.05) is 36.2 Å². The number of nitrogens with zero attached hydrogens (tertiary/aromatic N) is 2. The van der Waals surface area contributed by atoms with Crippen molar-refractivity contribution < 1.29 is 14.7 Å². The molecule has 0 aromatic heterocycles. The SMILES string of the molecule is CCCN(C(C)=O)C1CCN(CCC(C)(C(=O)O)c2ccc(Cl)c(Cl)c2)CC1. The largest absolute Gasteiger partial charge is 0.481 e. The molecule has 1 aromatic rings. The third-order valence-corrected chi connectivity index (χ3v) is 6.56. The third kappa shape index (κ3) is 5.40. The van der Waals surface area contributed by atoms with E-state index in [-0.39, 0.29) is 11.9 Å². The highest BCUT2D eigenvalue weighted by atomic mass is 35.5. The van der Waals surface area contributed by atoms with Gasteiger partial charge in [0, 0.05) is 32.6 Å². The predicted octanol–water partition coefficient (Wildman–Crippen LogP) is 4.45. The summed E-state index contributed by atoms with van der Waals surface area (Å²) in [6, 6.07) is 5.33. The Morgan fingerprint density at radius 2 is 1.89 bits per heavy atom. The number of piperidine rings is 1. The van der Waals surface area contributed by atoms with Gasteiger partial charge in [-0.25, -0.2) is 0 Å². The Kier molecular flexibility index (Phi) is 8.17. The number of amides is 1. The highest BCUT2D eigenvalue weighted by Gasteiger charge is 2.36. The van der Waals surface area contributed by atoms with Crippen molar-refractivity contribution in [2.75, 3.05) is 26.2 Å².